The molecule has 5 nitrogen and oxygen atoms in total. The number of ether oxygens (including phenoxy) is 1. The van der Waals surface area contributed by atoms with Gasteiger partial charge >= 0.3 is 5.97 Å². The Morgan fingerprint density at radius 1 is 1.12 bits per heavy atom. The van der Waals surface area contributed by atoms with Crippen molar-refractivity contribution < 1.29 is 19.1 Å². The van der Waals surface area contributed by atoms with E-state index in [0.717, 1.165) is 19.3 Å². The van der Waals surface area contributed by atoms with Crippen LogP contribution in [0.2, 0.25) is 0 Å². The number of fused-ring (bicyclic) bond motifs is 2. The Bertz CT molecular complexity index is 621. The summed E-state index contributed by atoms with van der Waals surface area (Å²) < 4.78 is 4.94. The summed E-state index contributed by atoms with van der Waals surface area (Å²) in [6, 6.07) is 6.71. The molecule has 0 heterocycles. The van der Waals surface area contributed by atoms with Gasteiger partial charge in [0.1, 0.15) is 5.78 Å². The van der Waals surface area contributed by atoms with Crippen molar-refractivity contribution in [3.63, 3.8) is 0 Å². The van der Waals surface area contributed by atoms with Crippen molar-refractivity contribution >= 4 is 23.3 Å². The van der Waals surface area contributed by atoms with Crippen LogP contribution in [0.4, 0.5) is 5.69 Å². The first-order valence-corrected chi connectivity index (χ1v) is 8.70. The number of hydrogen-bond donors (Lipinski definition) is 1. The molecule has 2 bridgehead atoms. The molecule has 0 saturated heterocycles. The van der Waals surface area contributed by atoms with Crippen LogP contribution in [0.5, 0.6) is 0 Å². The summed E-state index contributed by atoms with van der Waals surface area (Å²) in [5.74, 6) is 0.0167. The quantitative estimate of drug-likeness (QED) is 0.861. The van der Waals surface area contributed by atoms with E-state index >= 15 is 0 Å². The van der Waals surface area contributed by atoms with Crippen molar-refractivity contribution in [2.75, 3.05) is 11.9 Å². The van der Waals surface area contributed by atoms with E-state index in [9.17, 15) is 14.4 Å². The van der Waals surface area contributed by atoms with Gasteiger partial charge in [-0.1, -0.05) is 6.42 Å². The molecule has 0 spiro atoms. The molecular weight excluding hydrogens is 306 g/mol. The maximum Gasteiger partial charge on any atom is 0.338 e. The molecule has 1 aromatic rings. The minimum absolute atomic E-state index is 0.0247. The van der Waals surface area contributed by atoms with E-state index < -0.39 is 0 Å². The first-order valence-electron chi connectivity index (χ1n) is 8.70. The van der Waals surface area contributed by atoms with E-state index in [1.54, 1.807) is 31.2 Å². The molecule has 2 saturated carbocycles. The second-order valence-electron chi connectivity index (χ2n) is 6.68. The molecule has 0 aromatic heterocycles. The fraction of sp³-hybridized carbons (Fsp3) is 0.526. The van der Waals surface area contributed by atoms with Gasteiger partial charge in [-0.15, -0.1) is 0 Å². The maximum atomic E-state index is 12.5. The Labute approximate surface area is 141 Å². The van der Waals surface area contributed by atoms with Crippen LogP contribution in [0, 0.1) is 17.8 Å². The molecular formula is C19H23NO4. The highest BCUT2D eigenvalue weighted by Gasteiger charge is 2.41. The van der Waals surface area contributed by atoms with Crippen molar-refractivity contribution in [2.24, 2.45) is 17.8 Å². The van der Waals surface area contributed by atoms with Gasteiger partial charge in [-0.25, -0.2) is 4.79 Å². The normalized spacial score (nSPS) is 25.9. The van der Waals surface area contributed by atoms with Crippen molar-refractivity contribution in [2.45, 2.75) is 39.0 Å². The number of carbonyl (C=O) groups is 3. The summed E-state index contributed by atoms with van der Waals surface area (Å²) in [5.41, 5.74) is 1.13. The number of anilines is 1. The van der Waals surface area contributed by atoms with Crippen molar-refractivity contribution in [3.05, 3.63) is 29.8 Å². The lowest BCUT2D eigenvalue weighted by Gasteiger charge is -2.36. The highest BCUT2D eigenvalue weighted by Crippen LogP contribution is 2.40. The standard InChI is InChI=1S/C19H23NO4/c1-2-24-19(23)12-6-8-16(9-7-12)20-18(22)15-10-13-4-3-5-14(11-15)17(13)21/h6-9,13-15H,2-5,10-11H2,1H3,(H,20,22)/t13-,14+,15?. The number of esters is 1. The molecule has 128 valence electrons. The lowest BCUT2D eigenvalue weighted by atomic mass is 9.67. The molecule has 1 amide bonds. The first kappa shape index (κ1) is 16.7. The second-order valence-corrected chi connectivity index (χ2v) is 6.68. The monoisotopic (exact) mass is 329 g/mol. The fourth-order valence-electron chi connectivity index (χ4n) is 3.84. The van der Waals surface area contributed by atoms with E-state index in [1.807, 2.05) is 0 Å². The van der Waals surface area contributed by atoms with Crippen LogP contribution in [-0.2, 0) is 14.3 Å². The van der Waals surface area contributed by atoms with Gasteiger partial charge in [0.2, 0.25) is 5.91 Å². The highest BCUT2D eigenvalue weighted by atomic mass is 16.5. The van der Waals surface area contributed by atoms with Crippen molar-refractivity contribution in [1.82, 2.24) is 0 Å². The number of benzene rings is 1. The molecule has 1 aromatic carbocycles. The molecule has 0 aliphatic heterocycles. The van der Waals surface area contributed by atoms with E-state index in [2.05, 4.69) is 5.32 Å². The van der Waals surface area contributed by atoms with Gasteiger partial charge in [-0.2, -0.15) is 0 Å². The summed E-state index contributed by atoms with van der Waals surface area (Å²) in [5, 5.41) is 2.91. The molecule has 0 radical (unpaired) electrons. The summed E-state index contributed by atoms with van der Waals surface area (Å²) in [7, 11) is 0. The van der Waals surface area contributed by atoms with Gasteiger partial charge in [-0.3, -0.25) is 9.59 Å². The average Bonchev–Trinajstić information content (AvgIpc) is 2.55. The molecule has 24 heavy (non-hydrogen) atoms. The van der Waals surface area contributed by atoms with Gasteiger partial charge < -0.3 is 10.1 Å². The molecule has 2 fully saturated rings. The maximum absolute atomic E-state index is 12.5. The van der Waals surface area contributed by atoms with Crippen LogP contribution in [0.3, 0.4) is 0 Å². The number of amides is 1. The molecule has 3 atom stereocenters. The van der Waals surface area contributed by atoms with Crippen molar-refractivity contribution in [3.8, 4) is 0 Å². The zero-order valence-corrected chi connectivity index (χ0v) is 13.9. The summed E-state index contributed by atoms with van der Waals surface area (Å²) in [6.07, 6.45) is 4.29. The van der Waals surface area contributed by atoms with Gasteiger partial charge in [0, 0.05) is 23.4 Å². The third-order valence-corrected chi connectivity index (χ3v) is 5.08. The van der Waals surface area contributed by atoms with Crippen molar-refractivity contribution in [1.29, 1.82) is 0 Å². The first-order chi connectivity index (χ1) is 11.6. The third-order valence-electron chi connectivity index (χ3n) is 5.08. The van der Waals surface area contributed by atoms with Crippen LogP contribution >= 0.6 is 0 Å². The number of carbonyl (C=O) groups excluding carboxylic acids is 3. The molecule has 1 N–H and O–H groups in total. The van der Waals surface area contributed by atoms with Gasteiger partial charge in [0.05, 0.1) is 12.2 Å². The van der Waals surface area contributed by atoms with Crippen LogP contribution in [-0.4, -0.2) is 24.3 Å². The Kier molecular flexibility index (Phi) is 4.97. The smallest absolute Gasteiger partial charge is 0.338 e. The highest BCUT2D eigenvalue weighted by molar-refractivity contribution is 5.96. The predicted molar refractivity (Wildman–Crippen MR) is 89.6 cm³/mol. The molecule has 3 rings (SSSR count). The van der Waals surface area contributed by atoms with Gasteiger partial charge in [0.25, 0.3) is 0 Å². The van der Waals surface area contributed by atoms with E-state index in [1.165, 1.54) is 0 Å². The topological polar surface area (TPSA) is 72.5 Å². The zero-order valence-electron chi connectivity index (χ0n) is 13.9. The molecule has 2 aliphatic carbocycles. The van der Waals surface area contributed by atoms with Crippen LogP contribution in [0.1, 0.15) is 49.4 Å². The summed E-state index contributed by atoms with van der Waals surface area (Å²) >= 11 is 0. The van der Waals surface area contributed by atoms with Crippen LogP contribution in [0.25, 0.3) is 0 Å². The number of hydrogen-bond acceptors (Lipinski definition) is 4. The SMILES string of the molecule is CCOC(=O)c1ccc(NC(=O)C2C[C@H]3CCC[C@@H](C2)C3=O)cc1. The van der Waals surface area contributed by atoms with Gasteiger partial charge in [0.15, 0.2) is 0 Å². The molecule has 5 heteroatoms. The Morgan fingerprint density at radius 2 is 1.75 bits per heavy atom. The minimum Gasteiger partial charge on any atom is -0.462 e. The minimum atomic E-state index is -0.367. The lowest BCUT2D eigenvalue weighted by Crippen LogP contribution is -2.40. The molecule has 2 aliphatic rings. The Hall–Kier alpha value is -2.17. The lowest BCUT2D eigenvalue weighted by molar-refractivity contribution is -0.136. The Morgan fingerprint density at radius 3 is 2.33 bits per heavy atom. The average molecular weight is 329 g/mol. The number of ketones is 1. The number of rotatable bonds is 4. The largest absolute Gasteiger partial charge is 0.462 e. The van der Waals surface area contributed by atoms with E-state index in [0.29, 0.717) is 36.5 Å². The number of Topliss-reactive ketones (excluding diaryl/α,β-unsaturated/α-hetero) is 1. The fourth-order valence-corrected chi connectivity index (χ4v) is 3.84. The number of nitrogens with one attached hydrogen (secondary N) is 1. The van der Waals surface area contributed by atoms with E-state index in [-0.39, 0.29) is 29.6 Å². The Balaban J connectivity index is 1.61. The summed E-state index contributed by atoms with van der Waals surface area (Å²) in [6.45, 7) is 2.09. The van der Waals surface area contributed by atoms with Crippen LogP contribution < -0.4 is 5.32 Å². The summed E-state index contributed by atoms with van der Waals surface area (Å²) in [4.78, 5) is 36.3. The third kappa shape index (κ3) is 3.50. The van der Waals surface area contributed by atoms with E-state index in [4.69, 9.17) is 4.74 Å². The predicted octanol–water partition coefficient (Wildman–Crippen LogP) is 3.20. The zero-order chi connectivity index (χ0) is 17.1. The van der Waals surface area contributed by atoms with Crippen LogP contribution in [0.15, 0.2) is 24.3 Å². The molecule has 1 unspecified atom stereocenters. The second kappa shape index (κ2) is 7.16. The van der Waals surface area contributed by atoms with Gasteiger partial charge in [-0.05, 0) is 56.9 Å².